The third-order valence-corrected chi connectivity index (χ3v) is 4.32. The van der Waals surface area contributed by atoms with Crippen LogP contribution in [0.4, 0.5) is 0 Å². The van der Waals surface area contributed by atoms with Crippen molar-refractivity contribution < 1.29 is 23.5 Å². The summed E-state index contributed by atoms with van der Waals surface area (Å²) >= 11 is 0. The fourth-order valence-electron chi connectivity index (χ4n) is 2.64. The number of hydrogen-bond acceptors (Lipinski definition) is 6. The molecule has 0 spiro atoms. The van der Waals surface area contributed by atoms with E-state index < -0.39 is 11.9 Å². The molecular weight excluding hydrogens is 398 g/mol. The Morgan fingerprint density at radius 2 is 1.65 bits per heavy atom. The lowest BCUT2D eigenvalue weighted by atomic mass is 10.1. The first-order valence-corrected chi connectivity index (χ1v) is 9.41. The van der Waals surface area contributed by atoms with Crippen LogP contribution in [0.15, 0.2) is 70.2 Å². The first kappa shape index (κ1) is 21.5. The smallest absolute Gasteiger partial charge is 0.337 e. The van der Waals surface area contributed by atoms with Crippen molar-refractivity contribution in [2.45, 2.75) is 6.92 Å². The van der Waals surface area contributed by atoms with E-state index >= 15 is 0 Å². The minimum absolute atomic E-state index is 0.208. The number of carbonyl (C=O) groups is 3. The van der Waals surface area contributed by atoms with Gasteiger partial charge in [0.05, 0.1) is 25.4 Å². The topological polar surface area (TPSA) is 110 Å². The molecule has 158 valence electrons. The lowest BCUT2D eigenvalue weighted by Gasteiger charge is -2.04. The van der Waals surface area contributed by atoms with Gasteiger partial charge in [0, 0.05) is 11.1 Å². The highest BCUT2D eigenvalue weighted by molar-refractivity contribution is 5.96. The van der Waals surface area contributed by atoms with Crippen molar-refractivity contribution in [3.63, 3.8) is 0 Å². The fourth-order valence-corrected chi connectivity index (χ4v) is 2.64. The lowest BCUT2D eigenvalue weighted by Crippen LogP contribution is -2.34. The van der Waals surface area contributed by atoms with Gasteiger partial charge in [-0.15, -0.1) is 0 Å². The van der Waals surface area contributed by atoms with Gasteiger partial charge in [-0.1, -0.05) is 29.8 Å². The van der Waals surface area contributed by atoms with E-state index in [1.54, 1.807) is 48.5 Å². The van der Waals surface area contributed by atoms with Gasteiger partial charge >= 0.3 is 5.97 Å². The van der Waals surface area contributed by atoms with Gasteiger partial charge in [0.25, 0.3) is 11.8 Å². The Balaban J connectivity index is 1.49. The Bertz CT molecular complexity index is 1100. The van der Waals surface area contributed by atoms with Gasteiger partial charge in [0.15, 0.2) is 0 Å². The number of benzene rings is 2. The van der Waals surface area contributed by atoms with Crippen LogP contribution in [-0.4, -0.2) is 37.7 Å². The number of ether oxygens (including phenoxy) is 1. The summed E-state index contributed by atoms with van der Waals surface area (Å²) in [5.74, 6) is -0.217. The van der Waals surface area contributed by atoms with E-state index in [0.29, 0.717) is 22.6 Å². The summed E-state index contributed by atoms with van der Waals surface area (Å²) in [5, 5.41) is 6.36. The number of esters is 1. The molecule has 31 heavy (non-hydrogen) atoms. The van der Waals surface area contributed by atoms with Crippen LogP contribution >= 0.6 is 0 Å². The third kappa shape index (κ3) is 5.89. The molecule has 3 rings (SSSR count). The van der Waals surface area contributed by atoms with Crippen molar-refractivity contribution in [3.05, 3.63) is 83.1 Å². The van der Waals surface area contributed by atoms with Gasteiger partial charge in [-0.3, -0.25) is 9.59 Å². The van der Waals surface area contributed by atoms with E-state index in [-0.39, 0.29) is 12.5 Å². The molecule has 2 amide bonds. The van der Waals surface area contributed by atoms with Gasteiger partial charge in [-0.2, -0.15) is 5.10 Å². The summed E-state index contributed by atoms with van der Waals surface area (Å²) in [5.41, 5.74) is 5.06. The number of hydrogen-bond donors (Lipinski definition) is 2. The molecule has 3 aromatic rings. The van der Waals surface area contributed by atoms with Crippen LogP contribution in [0.3, 0.4) is 0 Å². The lowest BCUT2D eigenvalue weighted by molar-refractivity contribution is -0.120. The van der Waals surface area contributed by atoms with Crippen LogP contribution < -0.4 is 10.7 Å². The molecule has 0 fully saturated rings. The van der Waals surface area contributed by atoms with Crippen LogP contribution in [0, 0.1) is 6.92 Å². The predicted octanol–water partition coefficient (Wildman–Crippen LogP) is 2.92. The second kappa shape index (κ2) is 10.0. The zero-order chi connectivity index (χ0) is 22.2. The van der Waals surface area contributed by atoms with Crippen molar-refractivity contribution >= 4 is 24.0 Å². The molecule has 0 bridgehead atoms. The Morgan fingerprint density at radius 3 is 2.32 bits per heavy atom. The summed E-state index contributed by atoms with van der Waals surface area (Å²) in [4.78, 5) is 35.3. The fraction of sp³-hybridized carbons (Fsp3) is 0.130. The Kier molecular flexibility index (Phi) is 6.95. The second-order valence-corrected chi connectivity index (χ2v) is 6.61. The number of carbonyl (C=O) groups excluding carboxylic acids is 3. The molecule has 0 atom stereocenters. The molecule has 2 N–H and O–H groups in total. The van der Waals surface area contributed by atoms with Gasteiger partial charge in [-0.25, -0.2) is 10.2 Å². The predicted molar refractivity (Wildman–Crippen MR) is 115 cm³/mol. The first-order chi connectivity index (χ1) is 15.0. The third-order valence-electron chi connectivity index (χ3n) is 4.32. The molecular formula is C23H21N3O5. The SMILES string of the molecule is COC(=O)c1ccc(-c2ccc(/C=N/NC(=O)CNC(=O)c3ccc(C)cc3)o2)cc1. The van der Waals surface area contributed by atoms with Crippen molar-refractivity contribution in [2.75, 3.05) is 13.7 Å². The van der Waals surface area contributed by atoms with E-state index in [2.05, 4.69) is 20.6 Å². The largest absolute Gasteiger partial charge is 0.465 e. The van der Waals surface area contributed by atoms with E-state index in [1.807, 2.05) is 19.1 Å². The van der Waals surface area contributed by atoms with Crippen LogP contribution in [0.25, 0.3) is 11.3 Å². The summed E-state index contributed by atoms with van der Waals surface area (Å²) in [6.07, 6.45) is 1.35. The first-order valence-electron chi connectivity index (χ1n) is 9.41. The highest BCUT2D eigenvalue weighted by atomic mass is 16.5. The average molecular weight is 419 g/mol. The van der Waals surface area contributed by atoms with E-state index in [4.69, 9.17) is 4.42 Å². The summed E-state index contributed by atoms with van der Waals surface area (Å²) in [6, 6.07) is 17.2. The van der Waals surface area contributed by atoms with Crippen molar-refractivity contribution in [2.24, 2.45) is 5.10 Å². The van der Waals surface area contributed by atoms with Gasteiger partial charge in [0.2, 0.25) is 0 Å². The Labute approximate surface area is 178 Å². The molecule has 0 aliphatic carbocycles. The van der Waals surface area contributed by atoms with E-state index in [1.165, 1.54) is 13.3 Å². The molecule has 1 heterocycles. The number of aryl methyl sites for hydroxylation is 1. The number of rotatable bonds is 7. The maximum absolute atomic E-state index is 12.0. The zero-order valence-electron chi connectivity index (χ0n) is 17.0. The van der Waals surface area contributed by atoms with E-state index in [0.717, 1.165) is 11.1 Å². The molecule has 8 heteroatoms. The molecule has 0 aliphatic rings. The quantitative estimate of drug-likeness (QED) is 0.348. The van der Waals surface area contributed by atoms with Crippen LogP contribution in [0.5, 0.6) is 0 Å². The minimum Gasteiger partial charge on any atom is -0.465 e. The standard InChI is InChI=1S/C23H21N3O5/c1-15-3-5-17(6-4-15)22(28)24-14-21(27)26-25-13-19-11-12-20(31-19)16-7-9-18(10-8-16)23(29)30-2/h3-13H,14H2,1-2H3,(H,24,28)(H,26,27)/b25-13+. The zero-order valence-corrected chi connectivity index (χ0v) is 17.0. The summed E-state index contributed by atoms with van der Waals surface area (Å²) in [6.45, 7) is 1.72. The molecule has 8 nitrogen and oxygen atoms in total. The van der Waals surface area contributed by atoms with Gasteiger partial charge in [-0.05, 0) is 43.3 Å². The monoisotopic (exact) mass is 419 g/mol. The van der Waals surface area contributed by atoms with Crippen LogP contribution in [0.1, 0.15) is 32.0 Å². The minimum atomic E-state index is -0.470. The molecule has 1 aromatic heterocycles. The average Bonchev–Trinajstić information content (AvgIpc) is 3.26. The molecule has 0 radical (unpaired) electrons. The Morgan fingerprint density at radius 1 is 0.968 bits per heavy atom. The number of methoxy groups -OCH3 is 1. The number of hydrazone groups is 1. The van der Waals surface area contributed by atoms with Gasteiger partial charge < -0.3 is 14.5 Å². The highest BCUT2D eigenvalue weighted by Gasteiger charge is 2.09. The normalized spacial score (nSPS) is 10.6. The molecule has 0 saturated carbocycles. The summed E-state index contributed by atoms with van der Waals surface area (Å²) in [7, 11) is 1.32. The summed E-state index contributed by atoms with van der Waals surface area (Å²) < 4.78 is 10.3. The second-order valence-electron chi connectivity index (χ2n) is 6.61. The van der Waals surface area contributed by atoms with Crippen LogP contribution in [0.2, 0.25) is 0 Å². The number of furan rings is 1. The van der Waals surface area contributed by atoms with Crippen molar-refractivity contribution in [1.82, 2.24) is 10.7 Å². The molecule has 2 aromatic carbocycles. The van der Waals surface area contributed by atoms with Crippen molar-refractivity contribution in [3.8, 4) is 11.3 Å². The van der Waals surface area contributed by atoms with Crippen molar-refractivity contribution in [1.29, 1.82) is 0 Å². The number of nitrogens with one attached hydrogen (secondary N) is 2. The molecule has 0 unspecified atom stereocenters. The Hall–Kier alpha value is -4.20. The number of amides is 2. The van der Waals surface area contributed by atoms with Gasteiger partial charge in [0.1, 0.15) is 11.5 Å². The maximum Gasteiger partial charge on any atom is 0.337 e. The van der Waals surface area contributed by atoms with Crippen LogP contribution in [-0.2, 0) is 9.53 Å². The molecule has 0 saturated heterocycles. The molecule has 0 aliphatic heterocycles. The number of nitrogens with zero attached hydrogens (tertiary/aromatic N) is 1. The maximum atomic E-state index is 12.0. The highest BCUT2D eigenvalue weighted by Crippen LogP contribution is 2.22. The van der Waals surface area contributed by atoms with E-state index in [9.17, 15) is 14.4 Å².